The first kappa shape index (κ1) is 22.0. The highest BCUT2D eigenvalue weighted by Crippen LogP contribution is 2.33. The van der Waals surface area contributed by atoms with E-state index in [1.54, 1.807) is 24.5 Å². The van der Waals surface area contributed by atoms with Crippen molar-refractivity contribution in [3.8, 4) is 0 Å². The van der Waals surface area contributed by atoms with Crippen LogP contribution in [0.15, 0.2) is 54.9 Å². The number of carbonyl (C=O) groups is 1. The number of benzene rings is 2. The van der Waals surface area contributed by atoms with Crippen LogP contribution >= 0.6 is 11.3 Å². The smallest absolute Gasteiger partial charge is 0.277 e. The third-order valence-electron chi connectivity index (χ3n) is 5.10. The summed E-state index contributed by atoms with van der Waals surface area (Å²) in [5.74, 6) is -0.641. The Hall–Kier alpha value is -4.25. The molecule has 0 unspecified atom stereocenters. The Morgan fingerprint density at radius 1 is 1.03 bits per heavy atom. The average Bonchev–Trinajstić information content (AvgIpc) is 3.19. The lowest BCUT2D eigenvalue weighted by Crippen LogP contribution is -2.30. The van der Waals surface area contributed by atoms with E-state index in [2.05, 4.69) is 9.97 Å². The van der Waals surface area contributed by atoms with Crippen molar-refractivity contribution in [1.82, 2.24) is 9.97 Å². The Balaban J connectivity index is 1.84. The molecule has 0 saturated heterocycles. The van der Waals surface area contributed by atoms with E-state index in [0.717, 1.165) is 34.0 Å². The lowest BCUT2D eigenvalue weighted by molar-refractivity contribution is -0.394. The highest BCUT2D eigenvalue weighted by atomic mass is 32.1. The number of hydrogen-bond donors (Lipinski definition) is 0. The van der Waals surface area contributed by atoms with Crippen molar-refractivity contribution in [2.24, 2.45) is 0 Å². The number of nitro groups is 2. The van der Waals surface area contributed by atoms with Gasteiger partial charge in [-0.3, -0.25) is 34.9 Å². The quantitative estimate of drug-likeness (QED) is 0.291. The lowest BCUT2D eigenvalue weighted by Gasteiger charge is -2.20. The van der Waals surface area contributed by atoms with Crippen molar-refractivity contribution in [2.75, 3.05) is 4.90 Å². The first-order chi connectivity index (χ1) is 15.7. The molecule has 0 aliphatic rings. The van der Waals surface area contributed by atoms with E-state index in [9.17, 15) is 25.0 Å². The molecule has 0 N–H and O–H groups in total. The molecule has 1 amide bonds. The molecule has 166 valence electrons. The van der Waals surface area contributed by atoms with Gasteiger partial charge in [0.2, 0.25) is 0 Å². The van der Waals surface area contributed by atoms with Crippen LogP contribution in [0.1, 0.15) is 27.0 Å². The van der Waals surface area contributed by atoms with Gasteiger partial charge in [-0.25, -0.2) is 4.98 Å². The molecule has 10 nitrogen and oxygen atoms in total. The van der Waals surface area contributed by atoms with Crippen molar-refractivity contribution in [2.45, 2.75) is 20.4 Å². The molecular formula is C22H17N5O5S. The topological polar surface area (TPSA) is 132 Å². The number of amides is 1. The zero-order chi connectivity index (χ0) is 23.7. The normalized spacial score (nSPS) is 10.8. The van der Waals surface area contributed by atoms with Gasteiger partial charge in [-0.15, -0.1) is 0 Å². The molecule has 0 saturated carbocycles. The Bertz CT molecular complexity index is 1330. The molecule has 33 heavy (non-hydrogen) atoms. The van der Waals surface area contributed by atoms with Crippen LogP contribution in [0.2, 0.25) is 0 Å². The third kappa shape index (κ3) is 4.53. The first-order valence-electron chi connectivity index (χ1n) is 9.75. The summed E-state index contributed by atoms with van der Waals surface area (Å²) in [5.41, 5.74) is 2.31. The van der Waals surface area contributed by atoms with Crippen LogP contribution in [-0.2, 0) is 6.54 Å². The standard InChI is InChI=1S/C22H17N5O5S/c1-13-6-19-20(7-14(13)2)33-22(24-19)25(12-15-4-3-5-23-11-15)21(28)16-8-17(26(29)30)10-18(9-16)27(31)32/h3-11H,12H2,1-2H3. The van der Waals surface area contributed by atoms with Crippen molar-refractivity contribution in [1.29, 1.82) is 0 Å². The number of aromatic nitrogens is 2. The van der Waals surface area contributed by atoms with E-state index in [0.29, 0.717) is 16.2 Å². The number of hydrogen-bond acceptors (Lipinski definition) is 8. The second kappa shape index (κ2) is 8.71. The molecule has 0 aliphatic heterocycles. The van der Waals surface area contributed by atoms with E-state index in [-0.39, 0.29) is 12.1 Å². The number of pyridine rings is 1. The summed E-state index contributed by atoms with van der Waals surface area (Å²) in [6, 6.07) is 10.3. The summed E-state index contributed by atoms with van der Waals surface area (Å²) in [7, 11) is 0. The van der Waals surface area contributed by atoms with Crippen LogP contribution in [0.25, 0.3) is 10.2 Å². The summed E-state index contributed by atoms with van der Waals surface area (Å²) < 4.78 is 0.877. The maximum absolute atomic E-state index is 13.5. The number of anilines is 1. The minimum atomic E-state index is -0.765. The summed E-state index contributed by atoms with van der Waals surface area (Å²) in [6.07, 6.45) is 3.20. The van der Waals surface area contributed by atoms with Gasteiger partial charge in [0.1, 0.15) is 0 Å². The fraction of sp³-hybridized carbons (Fsp3) is 0.136. The fourth-order valence-electron chi connectivity index (χ4n) is 3.27. The maximum Gasteiger partial charge on any atom is 0.277 e. The third-order valence-corrected chi connectivity index (χ3v) is 6.14. The van der Waals surface area contributed by atoms with Crippen molar-refractivity contribution in [3.05, 3.63) is 97.3 Å². The van der Waals surface area contributed by atoms with Crippen LogP contribution in [0.3, 0.4) is 0 Å². The zero-order valence-corrected chi connectivity index (χ0v) is 18.4. The fourth-order valence-corrected chi connectivity index (χ4v) is 4.31. The summed E-state index contributed by atoms with van der Waals surface area (Å²) in [4.78, 5) is 44.6. The number of carbonyl (C=O) groups excluding carboxylic acids is 1. The second-order valence-electron chi connectivity index (χ2n) is 7.41. The minimum absolute atomic E-state index is 0.0843. The highest BCUT2D eigenvalue weighted by Gasteiger charge is 2.26. The summed E-state index contributed by atoms with van der Waals surface area (Å²) in [5, 5.41) is 23.0. The number of non-ortho nitro benzene ring substituents is 2. The Morgan fingerprint density at radius 2 is 1.70 bits per heavy atom. The van der Waals surface area contributed by atoms with Gasteiger partial charge < -0.3 is 0 Å². The predicted molar refractivity (Wildman–Crippen MR) is 124 cm³/mol. The van der Waals surface area contributed by atoms with Crippen molar-refractivity contribution in [3.63, 3.8) is 0 Å². The number of aryl methyl sites for hydroxylation is 2. The molecule has 4 aromatic rings. The van der Waals surface area contributed by atoms with Crippen molar-refractivity contribution >= 4 is 44.0 Å². The van der Waals surface area contributed by atoms with E-state index in [1.807, 2.05) is 26.0 Å². The number of fused-ring (bicyclic) bond motifs is 1. The van der Waals surface area contributed by atoms with Crippen LogP contribution < -0.4 is 4.90 Å². The number of rotatable bonds is 6. The van der Waals surface area contributed by atoms with Crippen LogP contribution in [0, 0.1) is 34.1 Å². The molecular weight excluding hydrogens is 446 g/mol. The molecule has 2 heterocycles. The molecule has 0 spiro atoms. The Morgan fingerprint density at radius 3 is 2.30 bits per heavy atom. The molecule has 11 heteroatoms. The number of nitro benzene ring substituents is 2. The van der Waals surface area contributed by atoms with Gasteiger partial charge in [0.25, 0.3) is 17.3 Å². The van der Waals surface area contributed by atoms with E-state index < -0.39 is 27.1 Å². The average molecular weight is 463 g/mol. The second-order valence-corrected chi connectivity index (χ2v) is 8.41. The van der Waals surface area contributed by atoms with Crippen LogP contribution in [0.5, 0.6) is 0 Å². The van der Waals surface area contributed by atoms with Gasteiger partial charge in [-0.1, -0.05) is 17.4 Å². The largest absolute Gasteiger partial charge is 0.279 e. The molecule has 0 bridgehead atoms. The molecule has 4 rings (SSSR count). The zero-order valence-electron chi connectivity index (χ0n) is 17.6. The van der Waals surface area contributed by atoms with Gasteiger partial charge in [-0.05, 0) is 48.7 Å². The van der Waals surface area contributed by atoms with E-state index in [4.69, 9.17) is 0 Å². The predicted octanol–water partition coefficient (Wildman–Crippen LogP) is 4.97. The Kier molecular flexibility index (Phi) is 5.80. The number of thiazole rings is 1. The van der Waals surface area contributed by atoms with Crippen LogP contribution in [-0.4, -0.2) is 25.7 Å². The van der Waals surface area contributed by atoms with Gasteiger partial charge >= 0.3 is 0 Å². The molecule has 0 aliphatic carbocycles. The van der Waals surface area contributed by atoms with Crippen LogP contribution in [0.4, 0.5) is 16.5 Å². The van der Waals surface area contributed by atoms with Gasteiger partial charge in [0.15, 0.2) is 5.13 Å². The number of nitrogens with zero attached hydrogens (tertiary/aromatic N) is 5. The SMILES string of the molecule is Cc1cc2nc(N(Cc3cccnc3)C(=O)c3cc([N+](=O)[O-])cc([N+](=O)[O-])c3)sc2cc1C. The first-order valence-corrected chi connectivity index (χ1v) is 10.6. The van der Waals surface area contributed by atoms with Gasteiger partial charge in [0.05, 0.1) is 38.2 Å². The monoisotopic (exact) mass is 463 g/mol. The summed E-state index contributed by atoms with van der Waals surface area (Å²) in [6.45, 7) is 4.03. The Labute approximate surface area is 191 Å². The van der Waals surface area contributed by atoms with Gasteiger partial charge in [0, 0.05) is 24.5 Å². The van der Waals surface area contributed by atoms with E-state index in [1.165, 1.54) is 16.2 Å². The molecule has 0 fully saturated rings. The highest BCUT2D eigenvalue weighted by molar-refractivity contribution is 7.22. The van der Waals surface area contributed by atoms with Crippen molar-refractivity contribution < 1.29 is 14.6 Å². The molecule has 2 aromatic carbocycles. The maximum atomic E-state index is 13.5. The van der Waals surface area contributed by atoms with Gasteiger partial charge in [-0.2, -0.15) is 0 Å². The van der Waals surface area contributed by atoms with E-state index >= 15 is 0 Å². The lowest BCUT2D eigenvalue weighted by atomic mass is 10.1. The summed E-state index contributed by atoms with van der Waals surface area (Å²) >= 11 is 1.30. The molecule has 0 atom stereocenters. The molecule has 2 aromatic heterocycles. The molecule has 0 radical (unpaired) electrons. The minimum Gasteiger partial charge on any atom is -0.279 e.